The van der Waals surface area contributed by atoms with Crippen molar-refractivity contribution in [3.8, 4) is 5.75 Å². The molecule has 0 aliphatic heterocycles. The van der Waals surface area contributed by atoms with E-state index in [9.17, 15) is 4.79 Å². The van der Waals surface area contributed by atoms with Gasteiger partial charge in [0.2, 0.25) is 0 Å². The first-order valence-corrected chi connectivity index (χ1v) is 9.37. The lowest BCUT2D eigenvalue weighted by atomic mass is 10.1. The minimum Gasteiger partial charge on any atom is -0.495 e. The number of hydrogen-bond acceptors (Lipinski definition) is 6. The Labute approximate surface area is 170 Å². The van der Waals surface area contributed by atoms with Crippen LogP contribution in [0.2, 0.25) is 0 Å². The van der Waals surface area contributed by atoms with E-state index in [4.69, 9.17) is 4.74 Å². The summed E-state index contributed by atoms with van der Waals surface area (Å²) in [6.45, 7) is 4.25. The predicted molar refractivity (Wildman–Crippen MR) is 116 cm³/mol. The fraction of sp³-hybridized carbons (Fsp3) is 0.227. The molecular formula is C22H25N5O2. The van der Waals surface area contributed by atoms with Gasteiger partial charge in [0.15, 0.2) is 0 Å². The number of methoxy groups -OCH3 is 1. The lowest BCUT2D eigenvalue weighted by Gasteiger charge is -2.15. The molecule has 150 valence electrons. The summed E-state index contributed by atoms with van der Waals surface area (Å²) < 4.78 is 5.40. The van der Waals surface area contributed by atoms with Crippen LogP contribution < -0.4 is 20.7 Å². The Balaban J connectivity index is 1.92. The quantitative estimate of drug-likeness (QED) is 0.551. The van der Waals surface area contributed by atoms with Crippen LogP contribution in [0.3, 0.4) is 0 Å². The van der Waals surface area contributed by atoms with Gasteiger partial charge < -0.3 is 20.7 Å². The number of amides is 1. The number of nitrogens with one attached hydrogen (secondary N) is 3. The fourth-order valence-corrected chi connectivity index (χ4v) is 2.79. The number of rotatable bonds is 7. The summed E-state index contributed by atoms with van der Waals surface area (Å²) in [6.07, 6.45) is 3.38. The molecule has 0 saturated heterocycles. The third-order valence-electron chi connectivity index (χ3n) is 4.46. The number of anilines is 4. The van der Waals surface area contributed by atoms with Gasteiger partial charge >= 0.3 is 0 Å². The van der Waals surface area contributed by atoms with Gasteiger partial charge in [-0.1, -0.05) is 32.0 Å². The van der Waals surface area contributed by atoms with Crippen molar-refractivity contribution < 1.29 is 9.53 Å². The van der Waals surface area contributed by atoms with Crippen molar-refractivity contribution in [1.82, 2.24) is 15.3 Å². The van der Waals surface area contributed by atoms with E-state index in [1.807, 2.05) is 42.6 Å². The summed E-state index contributed by atoms with van der Waals surface area (Å²) in [5.41, 5.74) is 2.94. The van der Waals surface area contributed by atoms with E-state index in [0.717, 1.165) is 11.3 Å². The molecule has 0 aliphatic rings. The van der Waals surface area contributed by atoms with Gasteiger partial charge in [-0.05, 0) is 29.7 Å². The first-order chi connectivity index (χ1) is 14.0. The average molecular weight is 391 g/mol. The van der Waals surface area contributed by atoms with E-state index >= 15 is 0 Å². The molecule has 0 radical (unpaired) electrons. The number of carbonyl (C=O) groups is 1. The molecule has 3 N–H and O–H groups in total. The van der Waals surface area contributed by atoms with Crippen LogP contribution in [0.15, 0.2) is 54.9 Å². The first kappa shape index (κ1) is 20.1. The molecule has 7 heteroatoms. The molecule has 0 spiro atoms. The van der Waals surface area contributed by atoms with E-state index in [0.29, 0.717) is 34.6 Å². The maximum atomic E-state index is 12.3. The number of carbonyl (C=O) groups excluding carboxylic acids is 1. The van der Waals surface area contributed by atoms with Crippen molar-refractivity contribution in [1.29, 1.82) is 0 Å². The van der Waals surface area contributed by atoms with E-state index in [2.05, 4.69) is 39.8 Å². The highest BCUT2D eigenvalue weighted by molar-refractivity contribution is 6.00. The van der Waals surface area contributed by atoms with Crippen LogP contribution >= 0.6 is 0 Å². The van der Waals surface area contributed by atoms with Gasteiger partial charge in [-0.25, -0.2) is 9.97 Å². The van der Waals surface area contributed by atoms with Crippen LogP contribution in [0.1, 0.15) is 35.7 Å². The molecular weight excluding hydrogens is 366 g/mol. The normalized spacial score (nSPS) is 10.5. The van der Waals surface area contributed by atoms with Crippen molar-refractivity contribution in [2.45, 2.75) is 19.8 Å². The highest BCUT2D eigenvalue weighted by Crippen LogP contribution is 2.30. The molecule has 2 heterocycles. The Morgan fingerprint density at radius 3 is 2.38 bits per heavy atom. The number of hydrogen-bond donors (Lipinski definition) is 3. The molecule has 0 fully saturated rings. The second-order valence-electron chi connectivity index (χ2n) is 6.78. The maximum Gasteiger partial charge on any atom is 0.254 e. The lowest BCUT2D eigenvalue weighted by Crippen LogP contribution is -2.19. The summed E-state index contributed by atoms with van der Waals surface area (Å²) in [5.74, 6) is 2.10. The largest absolute Gasteiger partial charge is 0.495 e. The zero-order valence-corrected chi connectivity index (χ0v) is 17.0. The Morgan fingerprint density at radius 2 is 1.72 bits per heavy atom. The van der Waals surface area contributed by atoms with Crippen molar-refractivity contribution in [2.75, 3.05) is 24.8 Å². The van der Waals surface area contributed by atoms with Crippen LogP contribution in [0.4, 0.5) is 23.0 Å². The number of nitrogens with zero attached hydrogens (tertiary/aromatic N) is 2. The van der Waals surface area contributed by atoms with Gasteiger partial charge in [-0.15, -0.1) is 0 Å². The van der Waals surface area contributed by atoms with Gasteiger partial charge in [0.1, 0.15) is 17.4 Å². The highest BCUT2D eigenvalue weighted by Gasteiger charge is 2.14. The van der Waals surface area contributed by atoms with Crippen molar-refractivity contribution >= 4 is 28.9 Å². The first-order valence-electron chi connectivity index (χ1n) is 9.37. The molecule has 2 aromatic heterocycles. The molecule has 1 amide bonds. The van der Waals surface area contributed by atoms with E-state index in [1.54, 1.807) is 20.2 Å². The Bertz CT molecular complexity index is 987. The number of ether oxygens (including phenoxy) is 1. The number of pyridine rings is 2. The van der Waals surface area contributed by atoms with Crippen LogP contribution in [0, 0.1) is 0 Å². The zero-order chi connectivity index (χ0) is 20.8. The van der Waals surface area contributed by atoms with Gasteiger partial charge in [0, 0.05) is 25.5 Å². The second-order valence-corrected chi connectivity index (χ2v) is 6.78. The molecule has 7 nitrogen and oxygen atoms in total. The van der Waals surface area contributed by atoms with Crippen molar-refractivity contribution in [2.24, 2.45) is 0 Å². The standard InChI is InChI=1S/C22H25N5O2/c1-14(2)15-9-10-20(24-12-15)27-21-11-18(16(13-25-21)22(28)23-3)26-17-7-5-6-8-19(17)29-4/h5-14H,1-4H3,(H,23,28)(H2,24,25,26,27). The molecule has 29 heavy (non-hydrogen) atoms. The van der Waals surface area contributed by atoms with Crippen LogP contribution in [0.25, 0.3) is 0 Å². The fourth-order valence-electron chi connectivity index (χ4n) is 2.79. The SMILES string of the molecule is CNC(=O)c1cnc(Nc2ccc(C(C)C)cn2)cc1Nc1ccccc1OC. The summed E-state index contributed by atoms with van der Waals surface area (Å²) in [6, 6.07) is 13.2. The van der Waals surface area contributed by atoms with Gasteiger partial charge in [-0.2, -0.15) is 0 Å². The summed E-state index contributed by atoms with van der Waals surface area (Å²) in [4.78, 5) is 21.1. The zero-order valence-electron chi connectivity index (χ0n) is 17.0. The van der Waals surface area contributed by atoms with Crippen LogP contribution in [-0.2, 0) is 0 Å². The molecule has 0 atom stereocenters. The number of benzene rings is 1. The predicted octanol–water partition coefficient (Wildman–Crippen LogP) is 4.46. The topological polar surface area (TPSA) is 88.2 Å². The summed E-state index contributed by atoms with van der Waals surface area (Å²) in [7, 11) is 3.19. The van der Waals surface area contributed by atoms with E-state index in [1.165, 1.54) is 6.20 Å². The molecule has 0 bridgehead atoms. The molecule has 3 aromatic rings. The van der Waals surface area contributed by atoms with Gasteiger partial charge in [-0.3, -0.25) is 4.79 Å². The van der Waals surface area contributed by atoms with Gasteiger partial charge in [0.05, 0.1) is 24.0 Å². The third kappa shape index (κ3) is 4.82. The maximum absolute atomic E-state index is 12.3. The number of aromatic nitrogens is 2. The number of para-hydroxylation sites is 2. The average Bonchev–Trinajstić information content (AvgIpc) is 2.74. The summed E-state index contributed by atoms with van der Waals surface area (Å²) in [5, 5.41) is 9.09. The monoisotopic (exact) mass is 391 g/mol. The molecule has 3 rings (SSSR count). The summed E-state index contributed by atoms with van der Waals surface area (Å²) >= 11 is 0. The molecule has 0 unspecified atom stereocenters. The van der Waals surface area contributed by atoms with Gasteiger partial charge in [0.25, 0.3) is 5.91 Å². The van der Waals surface area contributed by atoms with Crippen LogP contribution in [0.5, 0.6) is 5.75 Å². The molecule has 1 aromatic carbocycles. The molecule has 0 saturated carbocycles. The smallest absolute Gasteiger partial charge is 0.254 e. The minimum atomic E-state index is -0.235. The lowest BCUT2D eigenvalue weighted by molar-refractivity contribution is 0.0963. The Morgan fingerprint density at radius 1 is 0.966 bits per heavy atom. The van der Waals surface area contributed by atoms with Crippen LogP contribution in [-0.4, -0.2) is 30.0 Å². The minimum absolute atomic E-state index is 0.235. The second kappa shape index (κ2) is 9.05. The van der Waals surface area contributed by atoms with Crippen molar-refractivity contribution in [3.63, 3.8) is 0 Å². The van der Waals surface area contributed by atoms with Crippen molar-refractivity contribution in [3.05, 3.63) is 66.0 Å². The Hall–Kier alpha value is -3.61. The highest BCUT2D eigenvalue weighted by atomic mass is 16.5. The molecule has 0 aliphatic carbocycles. The van der Waals surface area contributed by atoms with E-state index < -0.39 is 0 Å². The Kier molecular flexibility index (Phi) is 6.29. The van der Waals surface area contributed by atoms with E-state index in [-0.39, 0.29) is 5.91 Å². The third-order valence-corrected chi connectivity index (χ3v) is 4.46.